The fraction of sp³-hybridized carbons (Fsp3) is 0.391. The summed E-state index contributed by atoms with van der Waals surface area (Å²) in [4.78, 5) is 35.5. The quantitative estimate of drug-likeness (QED) is 0.467. The van der Waals surface area contributed by atoms with Crippen molar-refractivity contribution in [2.24, 2.45) is 0 Å². The number of hydrogen-bond donors (Lipinski definition) is 1. The van der Waals surface area contributed by atoms with Crippen LogP contribution in [0.4, 0.5) is 10.5 Å². The number of ketones is 1. The average Bonchev–Trinajstić information content (AvgIpc) is 2.70. The van der Waals surface area contributed by atoms with Gasteiger partial charge < -0.3 is 14.8 Å². The monoisotopic (exact) mass is 428 g/mol. The molecule has 0 radical (unpaired) electrons. The third kappa shape index (κ3) is 8.18. The number of aryl methyl sites for hydroxylation is 1. The van der Waals surface area contributed by atoms with E-state index >= 15 is 0 Å². The largest absolute Gasteiger partial charge is 0.413 e. The van der Waals surface area contributed by atoms with Crippen LogP contribution in [0.1, 0.15) is 39.7 Å². The first kappa shape index (κ1) is 24.0. The van der Waals surface area contributed by atoms with E-state index in [1.165, 1.54) is 24.3 Å². The SMILES string of the molecule is CC(OC(C)(C)C)[C@H](NC(=O)Oc1ccc([N+](=O)[O-])cc1)C(=O)CCc1ccccc1. The molecule has 0 aromatic heterocycles. The van der Waals surface area contributed by atoms with Gasteiger partial charge in [0.25, 0.3) is 5.69 Å². The van der Waals surface area contributed by atoms with E-state index in [0.29, 0.717) is 6.42 Å². The summed E-state index contributed by atoms with van der Waals surface area (Å²) >= 11 is 0. The number of non-ortho nitro benzene ring substituents is 1. The number of nitrogens with one attached hydrogen (secondary N) is 1. The average molecular weight is 428 g/mol. The fourth-order valence-electron chi connectivity index (χ4n) is 3.05. The highest BCUT2D eigenvalue weighted by atomic mass is 16.6. The van der Waals surface area contributed by atoms with Crippen LogP contribution in [-0.4, -0.2) is 34.5 Å². The van der Waals surface area contributed by atoms with Gasteiger partial charge in [-0.3, -0.25) is 14.9 Å². The lowest BCUT2D eigenvalue weighted by Crippen LogP contribution is -2.51. The number of benzene rings is 2. The van der Waals surface area contributed by atoms with Crippen molar-refractivity contribution in [1.29, 1.82) is 0 Å². The van der Waals surface area contributed by atoms with Crippen molar-refractivity contribution in [3.05, 3.63) is 70.3 Å². The third-order valence-corrected chi connectivity index (χ3v) is 4.39. The second-order valence-electron chi connectivity index (χ2n) is 8.15. The molecule has 0 aliphatic carbocycles. The Morgan fingerprint density at radius 1 is 1.06 bits per heavy atom. The molecule has 2 rings (SSSR count). The van der Waals surface area contributed by atoms with E-state index in [1.807, 2.05) is 51.1 Å². The Morgan fingerprint density at radius 3 is 2.23 bits per heavy atom. The van der Waals surface area contributed by atoms with E-state index in [4.69, 9.17) is 9.47 Å². The van der Waals surface area contributed by atoms with Crippen LogP contribution in [-0.2, 0) is 16.0 Å². The van der Waals surface area contributed by atoms with Crippen molar-refractivity contribution in [1.82, 2.24) is 5.32 Å². The van der Waals surface area contributed by atoms with Gasteiger partial charge in [-0.15, -0.1) is 0 Å². The van der Waals surface area contributed by atoms with Gasteiger partial charge in [-0.2, -0.15) is 0 Å². The molecule has 0 saturated heterocycles. The molecule has 1 amide bonds. The Balaban J connectivity index is 2.06. The van der Waals surface area contributed by atoms with E-state index in [-0.39, 0.29) is 23.6 Å². The number of hydrogen-bond acceptors (Lipinski definition) is 6. The molecule has 8 nitrogen and oxygen atoms in total. The molecule has 1 N–H and O–H groups in total. The number of nitro groups is 1. The topological polar surface area (TPSA) is 108 Å². The van der Waals surface area contributed by atoms with E-state index in [9.17, 15) is 19.7 Å². The first-order valence-electron chi connectivity index (χ1n) is 10.0. The lowest BCUT2D eigenvalue weighted by Gasteiger charge is -2.30. The third-order valence-electron chi connectivity index (χ3n) is 4.39. The van der Waals surface area contributed by atoms with Gasteiger partial charge in [0.2, 0.25) is 0 Å². The van der Waals surface area contributed by atoms with Crippen LogP contribution in [0.15, 0.2) is 54.6 Å². The molecule has 0 bridgehead atoms. The highest BCUT2D eigenvalue weighted by molar-refractivity contribution is 5.88. The standard InChI is InChI=1S/C23H28N2O6/c1-16(31-23(2,3)4)21(20(26)15-10-17-8-6-5-7-9-17)24-22(27)30-19-13-11-18(12-14-19)25(28)29/h5-9,11-14,16,21H,10,15H2,1-4H3,(H,24,27)/t16?,21-/m0/s1. The van der Waals surface area contributed by atoms with Crippen LogP contribution >= 0.6 is 0 Å². The molecule has 0 aliphatic heterocycles. The zero-order valence-electron chi connectivity index (χ0n) is 18.2. The van der Waals surface area contributed by atoms with Crippen molar-refractivity contribution in [3.8, 4) is 5.75 Å². The number of ether oxygens (including phenoxy) is 2. The normalized spacial score (nSPS) is 13.2. The lowest BCUT2D eigenvalue weighted by molar-refractivity contribution is -0.384. The number of nitro benzene ring substituents is 1. The van der Waals surface area contributed by atoms with Crippen LogP contribution in [0.25, 0.3) is 0 Å². The summed E-state index contributed by atoms with van der Waals surface area (Å²) < 4.78 is 11.1. The Morgan fingerprint density at radius 2 is 1.68 bits per heavy atom. The molecule has 0 spiro atoms. The molecule has 166 valence electrons. The van der Waals surface area contributed by atoms with Gasteiger partial charge in [0.1, 0.15) is 11.8 Å². The molecule has 0 heterocycles. The van der Waals surface area contributed by atoms with E-state index in [2.05, 4.69) is 5.32 Å². The summed E-state index contributed by atoms with van der Waals surface area (Å²) in [5.41, 5.74) is 0.391. The zero-order valence-corrected chi connectivity index (χ0v) is 18.2. The minimum Gasteiger partial charge on any atom is -0.410 e. The van der Waals surface area contributed by atoms with Gasteiger partial charge in [0.15, 0.2) is 5.78 Å². The van der Waals surface area contributed by atoms with Crippen molar-refractivity contribution < 1.29 is 24.0 Å². The van der Waals surface area contributed by atoms with Gasteiger partial charge >= 0.3 is 6.09 Å². The second kappa shape index (κ2) is 10.7. The van der Waals surface area contributed by atoms with Crippen molar-refractivity contribution in [2.45, 2.75) is 58.3 Å². The summed E-state index contributed by atoms with van der Waals surface area (Å²) in [5.74, 6) is -0.0516. The first-order valence-corrected chi connectivity index (χ1v) is 10.0. The molecule has 0 fully saturated rings. The highest BCUT2D eigenvalue weighted by Gasteiger charge is 2.30. The predicted molar refractivity (Wildman–Crippen MR) is 116 cm³/mol. The number of Topliss-reactive ketones (excluding diaryl/α,β-unsaturated/α-hetero) is 1. The molecule has 31 heavy (non-hydrogen) atoms. The van der Waals surface area contributed by atoms with E-state index < -0.39 is 28.8 Å². The summed E-state index contributed by atoms with van der Waals surface area (Å²) in [7, 11) is 0. The van der Waals surface area contributed by atoms with Gasteiger partial charge in [-0.05, 0) is 51.8 Å². The minimum atomic E-state index is -0.909. The molecular formula is C23H28N2O6. The fourth-order valence-corrected chi connectivity index (χ4v) is 3.05. The number of rotatable bonds is 9. The molecule has 2 aromatic rings. The van der Waals surface area contributed by atoms with Crippen LogP contribution in [0.5, 0.6) is 5.75 Å². The minimum absolute atomic E-state index is 0.117. The molecule has 0 saturated carbocycles. The van der Waals surface area contributed by atoms with Crippen molar-refractivity contribution in [2.75, 3.05) is 0 Å². The van der Waals surface area contributed by atoms with Gasteiger partial charge in [0.05, 0.1) is 16.6 Å². The Hall–Kier alpha value is -3.26. The summed E-state index contributed by atoms with van der Waals surface area (Å²) in [6.07, 6.45) is -0.661. The summed E-state index contributed by atoms with van der Waals surface area (Å²) in [6, 6.07) is 13.8. The number of carbonyl (C=O) groups excluding carboxylic acids is 2. The maximum Gasteiger partial charge on any atom is 0.413 e. The van der Waals surface area contributed by atoms with Gasteiger partial charge in [-0.1, -0.05) is 30.3 Å². The molecule has 0 aliphatic rings. The maximum atomic E-state index is 12.9. The van der Waals surface area contributed by atoms with Crippen LogP contribution in [0.3, 0.4) is 0 Å². The molecule has 1 unspecified atom stereocenters. The number of nitrogens with zero attached hydrogens (tertiary/aromatic N) is 1. The zero-order chi connectivity index (χ0) is 23.0. The molecule has 2 aromatic carbocycles. The second-order valence-corrected chi connectivity index (χ2v) is 8.15. The molecule has 2 atom stereocenters. The smallest absolute Gasteiger partial charge is 0.410 e. The van der Waals surface area contributed by atoms with Gasteiger partial charge in [0, 0.05) is 18.6 Å². The lowest BCUT2D eigenvalue weighted by atomic mass is 9.99. The summed E-state index contributed by atoms with van der Waals surface area (Å²) in [5, 5.41) is 13.3. The Kier molecular flexibility index (Phi) is 8.27. The molecular weight excluding hydrogens is 400 g/mol. The van der Waals surface area contributed by atoms with Crippen LogP contribution in [0, 0.1) is 10.1 Å². The predicted octanol–water partition coefficient (Wildman–Crippen LogP) is 4.46. The number of carbonyl (C=O) groups is 2. The van der Waals surface area contributed by atoms with E-state index in [1.54, 1.807) is 6.92 Å². The molecule has 8 heteroatoms. The Bertz CT molecular complexity index is 891. The maximum absolute atomic E-state index is 12.9. The first-order chi connectivity index (χ1) is 14.5. The van der Waals surface area contributed by atoms with Crippen molar-refractivity contribution >= 4 is 17.6 Å². The highest BCUT2D eigenvalue weighted by Crippen LogP contribution is 2.19. The van der Waals surface area contributed by atoms with Crippen LogP contribution < -0.4 is 10.1 Å². The van der Waals surface area contributed by atoms with Crippen molar-refractivity contribution in [3.63, 3.8) is 0 Å². The summed E-state index contributed by atoms with van der Waals surface area (Å²) in [6.45, 7) is 7.32. The Labute approximate surface area is 181 Å². The number of amides is 1. The van der Waals surface area contributed by atoms with Gasteiger partial charge in [-0.25, -0.2) is 4.79 Å². The van der Waals surface area contributed by atoms with Crippen LogP contribution in [0.2, 0.25) is 0 Å². The van der Waals surface area contributed by atoms with E-state index in [0.717, 1.165) is 5.56 Å².